The van der Waals surface area contributed by atoms with Crippen molar-refractivity contribution in [3.05, 3.63) is 59.7 Å². The van der Waals surface area contributed by atoms with E-state index in [-0.39, 0.29) is 5.56 Å². The fourth-order valence-corrected chi connectivity index (χ4v) is 2.32. The number of hydrogen-bond donors (Lipinski definition) is 2. The molecule has 0 bridgehead atoms. The van der Waals surface area contributed by atoms with Gasteiger partial charge in [0.15, 0.2) is 0 Å². The molecule has 0 saturated carbocycles. The van der Waals surface area contributed by atoms with Gasteiger partial charge in [-0.2, -0.15) is 0 Å². The number of primary amides is 1. The highest BCUT2D eigenvalue weighted by molar-refractivity contribution is 6.06. The molecule has 0 fully saturated rings. The minimum Gasteiger partial charge on any atom is -0.478 e. The van der Waals surface area contributed by atoms with Crippen molar-refractivity contribution in [3.63, 3.8) is 0 Å². The monoisotopic (exact) mass is 284 g/mol. The van der Waals surface area contributed by atoms with E-state index in [1.165, 1.54) is 12.3 Å². The summed E-state index contributed by atoms with van der Waals surface area (Å²) in [6, 6.07) is 8.82. The normalized spacial score (nSPS) is 10.9. The molecular weight excluding hydrogens is 272 g/mol. The van der Waals surface area contributed by atoms with E-state index in [0.29, 0.717) is 17.9 Å². The Bertz CT molecular complexity index is 844. The highest BCUT2D eigenvalue weighted by Gasteiger charge is 2.14. The van der Waals surface area contributed by atoms with Crippen molar-refractivity contribution in [2.24, 2.45) is 5.73 Å². The Labute approximate surface area is 119 Å². The second-order valence-electron chi connectivity index (χ2n) is 4.66. The zero-order valence-electron chi connectivity index (χ0n) is 10.9. The van der Waals surface area contributed by atoms with Gasteiger partial charge in [-0.05, 0) is 12.1 Å². The van der Waals surface area contributed by atoms with Crippen molar-refractivity contribution in [3.8, 4) is 0 Å². The summed E-state index contributed by atoms with van der Waals surface area (Å²) in [5, 5.41) is 9.64. The first-order valence-corrected chi connectivity index (χ1v) is 6.24. The predicted octanol–water partition coefficient (Wildman–Crippen LogP) is 2.08. The lowest BCUT2D eigenvalue weighted by Gasteiger charge is -2.01. The second kappa shape index (κ2) is 4.82. The Kier molecular flexibility index (Phi) is 2.98. The molecule has 0 spiro atoms. The topological polar surface area (TPSA) is 98.5 Å². The summed E-state index contributed by atoms with van der Waals surface area (Å²) in [5.41, 5.74) is 6.73. The SMILES string of the molecule is NC(=O)c1cn(Cc2cc(C(=O)O)co2)c2ccccc12. The molecule has 6 heteroatoms. The number of carbonyl (C=O) groups excluding carboxylic acids is 1. The lowest BCUT2D eigenvalue weighted by Crippen LogP contribution is -2.10. The van der Waals surface area contributed by atoms with Gasteiger partial charge < -0.3 is 19.8 Å². The lowest BCUT2D eigenvalue weighted by atomic mass is 10.2. The molecule has 3 N–H and O–H groups in total. The zero-order chi connectivity index (χ0) is 15.0. The van der Waals surface area contributed by atoms with Crippen LogP contribution in [0.2, 0.25) is 0 Å². The quantitative estimate of drug-likeness (QED) is 0.766. The molecule has 3 rings (SSSR count). The third-order valence-corrected chi connectivity index (χ3v) is 3.28. The maximum atomic E-state index is 11.5. The van der Waals surface area contributed by atoms with Gasteiger partial charge >= 0.3 is 5.97 Å². The summed E-state index contributed by atoms with van der Waals surface area (Å²) in [5.74, 6) is -1.06. The standard InChI is InChI=1S/C15H12N2O4/c16-14(18)12-7-17(13-4-2-1-3-11(12)13)6-10-5-9(8-21-10)15(19)20/h1-5,7-8H,6H2,(H2,16,18)(H,19,20). The molecule has 0 unspecified atom stereocenters. The first-order chi connectivity index (χ1) is 10.1. The molecule has 106 valence electrons. The number of aromatic nitrogens is 1. The zero-order valence-corrected chi connectivity index (χ0v) is 10.9. The van der Waals surface area contributed by atoms with Crippen LogP contribution in [-0.4, -0.2) is 21.6 Å². The summed E-state index contributed by atoms with van der Waals surface area (Å²) in [6.45, 7) is 0.321. The average Bonchev–Trinajstić information content (AvgIpc) is 3.05. The number of benzene rings is 1. The molecule has 6 nitrogen and oxygen atoms in total. The predicted molar refractivity (Wildman–Crippen MR) is 75.2 cm³/mol. The third kappa shape index (κ3) is 2.27. The molecule has 0 aliphatic rings. The van der Waals surface area contributed by atoms with Crippen LogP contribution in [0, 0.1) is 0 Å². The number of carboxylic acid groups (broad SMARTS) is 1. The van der Waals surface area contributed by atoms with Gasteiger partial charge in [-0.15, -0.1) is 0 Å². The van der Waals surface area contributed by atoms with Gasteiger partial charge in [-0.1, -0.05) is 18.2 Å². The highest BCUT2D eigenvalue weighted by atomic mass is 16.4. The fourth-order valence-electron chi connectivity index (χ4n) is 2.32. The molecule has 0 aliphatic heterocycles. The Morgan fingerprint density at radius 2 is 2.05 bits per heavy atom. The molecule has 0 radical (unpaired) electrons. The van der Waals surface area contributed by atoms with Gasteiger partial charge in [-0.3, -0.25) is 4.79 Å². The van der Waals surface area contributed by atoms with Crippen LogP contribution in [-0.2, 0) is 6.54 Å². The Balaban J connectivity index is 2.04. The molecule has 1 amide bonds. The fraction of sp³-hybridized carbons (Fsp3) is 0.0667. The summed E-state index contributed by atoms with van der Waals surface area (Å²) >= 11 is 0. The van der Waals surface area contributed by atoms with E-state index in [4.69, 9.17) is 15.3 Å². The Morgan fingerprint density at radius 1 is 1.29 bits per heavy atom. The average molecular weight is 284 g/mol. The van der Waals surface area contributed by atoms with Crippen LogP contribution < -0.4 is 5.73 Å². The number of rotatable bonds is 4. The van der Waals surface area contributed by atoms with Gasteiger partial charge in [0.05, 0.1) is 17.7 Å². The van der Waals surface area contributed by atoms with E-state index in [9.17, 15) is 9.59 Å². The maximum Gasteiger partial charge on any atom is 0.338 e. The Hall–Kier alpha value is -3.02. The molecular formula is C15H12N2O4. The molecule has 3 aromatic rings. The largest absolute Gasteiger partial charge is 0.478 e. The summed E-state index contributed by atoms with van der Waals surface area (Å²) < 4.78 is 7.04. The Morgan fingerprint density at radius 3 is 2.71 bits per heavy atom. The molecule has 21 heavy (non-hydrogen) atoms. The van der Waals surface area contributed by atoms with Crippen LogP contribution in [0.25, 0.3) is 10.9 Å². The first-order valence-electron chi connectivity index (χ1n) is 6.24. The highest BCUT2D eigenvalue weighted by Crippen LogP contribution is 2.22. The van der Waals surface area contributed by atoms with Crippen molar-refractivity contribution in [2.75, 3.05) is 0 Å². The van der Waals surface area contributed by atoms with Crippen molar-refractivity contribution >= 4 is 22.8 Å². The van der Waals surface area contributed by atoms with Gasteiger partial charge in [0.2, 0.25) is 0 Å². The van der Waals surface area contributed by atoms with Crippen molar-refractivity contribution < 1.29 is 19.1 Å². The van der Waals surface area contributed by atoms with Crippen molar-refractivity contribution in [2.45, 2.75) is 6.54 Å². The summed E-state index contributed by atoms with van der Waals surface area (Å²) in [4.78, 5) is 22.3. The van der Waals surface area contributed by atoms with Gasteiger partial charge in [0.25, 0.3) is 5.91 Å². The smallest absolute Gasteiger partial charge is 0.338 e. The van der Waals surface area contributed by atoms with Crippen LogP contribution in [0.5, 0.6) is 0 Å². The van der Waals surface area contributed by atoms with E-state index in [0.717, 1.165) is 10.9 Å². The van der Waals surface area contributed by atoms with Gasteiger partial charge in [0, 0.05) is 17.1 Å². The number of aromatic carboxylic acids is 1. The second-order valence-corrected chi connectivity index (χ2v) is 4.66. The number of carbonyl (C=O) groups is 2. The lowest BCUT2D eigenvalue weighted by molar-refractivity contribution is 0.0696. The van der Waals surface area contributed by atoms with Gasteiger partial charge in [0.1, 0.15) is 12.0 Å². The van der Waals surface area contributed by atoms with Crippen molar-refractivity contribution in [1.82, 2.24) is 4.57 Å². The van der Waals surface area contributed by atoms with E-state index >= 15 is 0 Å². The van der Waals surface area contributed by atoms with E-state index in [2.05, 4.69) is 0 Å². The van der Waals surface area contributed by atoms with E-state index in [1.54, 1.807) is 10.8 Å². The van der Waals surface area contributed by atoms with Crippen LogP contribution in [0.3, 0.4) is 0 Å². The van der Waals surface area contributed by atoms with Gasteiger partial charge in [-0.25, -0.2) is 4.79 Å². The molecule has 0 aliphatic carbocycles. The summed E-state index contributed by atoms with van der Waals surface area (Å²) in [6.07, 6.45) is 2.84. The van der Waals surface area contributed by atoms with Crippen LogP contribution in [0.15, 0.2) is 47.2 Å². The number of furan rings is 1. The minimum atomic E-state index is -1.04. The molecule has 1 aromatic carbocycles. The van der Waals surface area contributed by atoms with E-state index in [1.807, 2.05) is 24.3 Å². The molecule has 2 heterocycles. The number of nitrogens with two attached hydrogens (primary N) is 1. The molecule has 2 aromatic heterocycles. The number of amides is 1. The number of hydrogen-bond acceptors (Lipinski definition) is 3. The third-order valence-electron chi connectivity index (χ3n) is 3.28. The summed E-state index contributed by atoms with van der Waals surface area (Å²) in [7, 11) is 0. The van der Waals surface area contributed by atoms with Crippen LogP contribution in [0.1, 0.15) is 26.5 Å². The maximum absolute atomic E-state index is 11.5. The molecule has 0 saturated heterocycles. The van der Waals surface area contributed by atoms with Crippen LogP contribution in [0.4, 0.5) is 0 Å². The number of para-hydroxylation sites is 1. The first kappa shape index (κ1) is 13.0. The van der Waals surface area contributed by atoms with Crippen molar-refractivity contribution in [1.29, 1.82) is 0 Å². The minimum absolute atomic E-state index is 0.0941. The molecule has 0 atom stereocenters. The van der Waals surface area contributed by atoms with Crippen LogP contribution >= 0.6 is 0 Å². The number of nitrogens with zero attached hydrogens (tertiary/aromatic N) is 1. The number of carboxylic acids is 1. The van der Waals surface area contributed by atoms with E-state index < -0.39 is 11.9 Å². The number of fused-ring (bicyclic) bond motifs is 1.